The quantitative estimate of drug-likeness (QED) is 0.643. The van der Waals surface area contributed by atoms with E-state index in [-0.39, 0.29) is 10.6 Å². The number of hydrogen-bond donors (Lipinski definition) is 1. The summed E-state index contributed by atoms with van der Waals surface area (Å²) in [6, 6.07) is 7.57. The fourth-order valence-electron chi connectivity index (χ4n) is 2.76. The molecule has 1 saturated carbocycles. The first-order valence-corrected chi connectivity index (χ1v) is 6.11. The molecule has 1 N–H and O–H groups in total. The van der Waals surface area contributed by atoms with Crippen LogP contribution in [0.5, 0.6) is 0 Å². The third kappa shape index (κ3) is 2.82. The molecule has 17 heavy (non-hydrogen) atoms. The molecule has 1 aliphatic rings. The molecular weight excluding hydrogens is 216 g/mol. The fraction of sp³-hybridized carbons (Fsp3) is 0.538. The summed E-state index contributed by atoms with van der Waals surface area (Å²) in [5, 5.41) is 14.0. The first-order chi connectivity index (χ1) is 8.20. The van der Waals surface area contributed by atoms with Crippen LogP contribution in [0, 0.1) is 16.0 Å². The molecule has 0 aromatic heterocycles. The first-order valence-electron chi connectivity index (χ1n) is 6.11. The number of benzene rings is 1. The summed E-state index contributed by atoms with van der Waals surface area (Å²) in [5.41, 5.74) is 1.27. The lowest BCUT2D eigenvalue weighted by molar-refractivity contribution is -0.384. The van der Waals surface area contributed by atoms with Gasteiger partial charge in [0, 0.05) is 18.2 Å². The number of rotatable bonds is 4. The Hall–Kier alpha value is -1.42. The van der Waals surface area contributed by atoms with Gasteiger partial charge in [-0.3, -0.25) is 10.1 Å². The molecule has 4 heteroatoms. The van der Waals surface area contributed by atoms with Gasteiger partial charge in [-0.2, -0.15) is 0 Å². The van der Waals surface area contributed by atoms with E-state index in [1.54, 1.807) is 18.2 Å². The molecule has 0 heterocycles. The summed E-state index contributed by atoms with van der Waals surface area (Å²) in [5.74, 6) is 0.613. The molecule has 2 unspecified atom stereocenters. The smallest absolute Gasteiger partial charge is 0.269 e. The third-order valence-electron chi connectivity index (χ3n) is 3.65. The average Bonchev–Trinajstić information content (AvgIpc) is 2.76. The second-order valence-electron chi connectivity index (χ2n) is 4.72. The van der Waals surface area contributed by atoms with E-state index in [1.807, 2.05) is 13.1 Å². The van der Waals surface area contributed by atoms with Crippen molar-refractivity contribution in [2.75, 3.05) is 7.05 Å². The molecule has 4 nitrogen and oxygen atoms in total. The van der Waals surface area contributed by atoms with Crippen molar-refractivity contribution in [1.82, 2.24) is 5.32 Å². The molecule has 1 aromatic rings. The van der Waals surface area contributed by atoms with Crippen LogP contribution in [0.15, 0.2) is 24.3 Å². The fourth-order valence-corrected chi connectivity index (χ4v) is 2.76. The SMILES string of the molecule is CNC1CCCC1Cc1cccc([N+](=O)[O-])c1. The average molecular weight is 234 g/mol. The van der Waals surface area contributed by atoms with Gasteiger partial charge >= 0.3 is 0 Å². The van der Waals surface area contributed by atoms with Crippen molar-refractivity contribution in [1.29, 1.82) is 0 Å². The molecule has 0 saturated heterocycles. The number of nitrogens with zero attached hydrogens (tertiary/aromatic N) is 1. The highest BCUT2D eigenvalue weighted by molar-refractivity contribution is 5.34. The Kier molecular flexibility index (Phi) is 3.74. The van der Waals surface area contributed by atoms with Crippen LogP contribution >= 0.6 is 0 Å². The zero-order valence-electron chi connectivity index (χ0n) is 10.1. The van der Waals surface area contributed by atoms with E-state index in [4.69, 9.17) is 0 Å². The van der Waals surface area contributed by atoms with Crippen molar-refractivity contribution in [3.63, 3.8) is 0 Å². The Morgan fingerprint density at radius 1 is 1.47 bits per heavy atom. The van der Waals surface area contributed by atoms with Gasteiger partial charge in [-0.25, -0.2) is 0 Å². The van der Waals surface area contributed by atoms with Crippen molar-refractivity contribution in [3.8, 4) is 0 Å². The van der Waals surface area contributed by atoms with E-state index < -0.39 is 0 Å². The molecule has 1 aliphatic carbocycles. The minimum absolute atomic E-state index is 0.196. The number of non-ortho nitro benzene ring substituents is 1. The monoisotopic (exact) mass is 234 g/mol. The molecule has 2 rings (SSSR count). The zero-order chi connectivity index (χ0) is 12.3. The van der Waals surface area contributed by atoms with Crippen molar-refractivity contribution in [2.24, 2.45) is 5.92 Å². The normalized spacial score (nSPS) is 23.8. The van der Waals surface area contributed by atoms with E-state index >= 15 is 0 Å². The molecule has 92 valence electrons. The maximum absolute atomic E-state index is 10.7. The van der Waals surface area contributed by atoms with Gasteiger partial charge in [-0.05, 0) is 37.8 Å². The number of nitro benzene ring substituents is 1. The molecule has 0 aliphatic heterocycles. The highest BCUT2D eigenvalue weighted by Gasteiger charge is 2.26. The number of nitrogens with one attached hydrogen (secondary N) is 1. The van der Waals surface area contributed by atoms with Crippen LogP contribution in [0.4, 0.5) is 5.69 Å². The van der Waals surface area contributed by atoms with Crippen LogP contribution in [0.1, 0.15) is 24.8 Å². The van der Waals surface area contributed by atoms with Crippen molar-refractivity contribution in [2.45, 2.75) is 31.7 Å². The van der Waals surface area contributed by atoms with Crippen LogP contribution in [0.3, 0.4) is 0 Å². The van der Waals surface area contributed by atoms with Crippen molar-refractivity contribution >= 4 is 5.69 Å². The lowest BCUT2D eigenvalue weighted by atomic mass is 9.94. The Balaban J connectivity index is 2.07. The molecule has 1 fully saturated rings. The minimum atomic E-state index is -0.326. The third-order valence-corrected chi connectivity index (χ3v) is 3.65. The Labute approximate surface area is 101 Å². The maximum Gasteiger partial charge on any atom is 0.269 e. The van der Waals surface area contributed by atoms with Crippen LogP contribution in [0.25, 0.3) is 0 Å². The second-order valence-corrected chi connectivity index (χ2v) is 4.72. The molecule has 0 bridgehead atoms. The topological polar surface area (TPSA) is 55.2 Å². The van der Waals surface area contributed by atoms with E-state index in [0.717, 1.165) is 12.0 Å². The summed E-state index contributed by atoms with van der Waals surface area (Å²) in [4.78, 5) is 10.4. The summed E-state index contributed by atoms with van der Waals surface area (Å²) in [6.07, 6.45) is 4.63. The molecule has 2 atom stereocenters. The Morgan fingerprint density at radius 2 is 2.29 bits per heavy atom. The van der Waals surface area contributed by atoms with Crippen LogP contribution in [0.2, 0.25) is 0 Å². The van der Waals surface area contributed by atoms with Crippen LogP contribution < -0.4 is 5.32 Å². The predicted molar refractivity (Wildman–Crippen MR) is 67.0 cm³/mol. The van der Waals surface area contributed by atoms with Crippen molar-refractivity contribution in [3.05, 3.63) is 39.9 Å². The molecule has 0 amide bonds. The van der Waals surface area contributed by atoms with Crippen LogP contribution in [-0.2, 0) is 6.42 Å². The van der Waals surface area contributed by atoms with Gasteiger partial charge in [0.1, 0.15) is 0 Å². The largest absolute Gasteiger partial charge is 0.317 e. The maximum atomic E-state index is 10.7. The first kappa shape index (κ1) is 12.0. The molecule has 1 aromatic carbocycles. The lowest BCUT2D eigenvalue weighted by Crippen LogP contribution is -2.30. The zero-order valence-corrected chi connectivity index (χ0v) is 10.1. The number of nitro groups is 1. The van der Waals surface area contributed by atoms with Gasteiger partial charge in [-0.1, -0.05) is 18.6 Å². The number of hydrogen-bond acceptors (Lipinski definition) is 3. The van der Waals surface area contributed by atoms with Crippen molar-refractivity contribution < 1.29 is 4.92 Å². The Morgan fingerprint density at radius 3 is 3.00 bits per heavy atom. The van der Waals surface area contributed by atoms with Crippen LogP contribution in [-0.4, -0.2) is 18.0 Å². The summed E-state index contributed by atoms with van der Waals surface area (Å²) in [7, 11) is 2.00. The van der Waals surface area contributed by atoms with Gasteiger partial charge in [0.2, 0.25) is 0 Å². The lowest BCUT2D eigenvalue weighted by Gasteiger charge is -2.18. The van der Waals surface area contributed by atoms with Gasteiger partial charge in [0.05, 0.1) is 4.92 Å². The Bertz CT molecular complexity index is 406. The molecular formula is C13H18N2O2. The van der Waals surface area contributed by atoms with Gasteiger partial charge in [-0.15, -0.1) is 0 Å². The summed E-state index contributed by atoms with van der Waals surface area (Å²) in [6.45, 7) is 0. The summed E-state index contributed by atoms with van der Waals surface area (Å²) >= 11 is 0. The van der Waals surface area contributed by atoms with Gasteiger partial charge in [0.15, 0.2) is 0 Å². The van der Waals surface area contributed by atoms with E-state index in [2.05, 4.69) is 5.32 Å². The van der Waals surface area contributed by atoms with E-state index in [1.165, 1.54) is 19.3 Å². The predicted octanol–water partition coefficient (Wildman–Crippen LogP) is 2.53. The highest BCUT2D eigenvalue weighted by Crippen LogP contribution is 2.29. The van der Waals surface area contributed by atoms with E-state index in [0.29, 0.717) is 12.0 Å². The minimum Gasteiger partial charge on any atom is -0.317 e. The highest BCUT2D eigenvalue weighted by atomic mass is 16.6. The standard InChI is InChI=1S/C13H18N2O2/c1-14-13-7-3-5-11(13)8-10-4-2-6-12(9-10)15(16)17/h2,4,6,9,11,13-14H,3,5,7-8H2,1H3. The molecule has 0 radical (unpaired) electrons. The van der Waals surface area contributed by atoms with E-state index in [9.17, 15) is 10.1 Å². The molecule has 0 spiro atoms. The summed E-state index contributed by atoms with van der Waals surface area (Å²) < 4.78 is 0. The van der Waals surface area contributed by atoms with Gasteiger partial charge < -0.3 is 5.32 Å². The van der Waals surface area contributed by atoms with Gasteiger partial charge in [0.25, 0.3) is 5.69 Å². The second kappa shape index (κ2) is 5.27.